The van der Waals surface area contributed by atoms with Crippen LogP contribution >= 0.6 is 23.2 Å². The van der Waals surface area contributed by atoms with Crippen molar-refractivity contribution in [2.24, 2.45) is 5.92 Å². The van der Waals surface area contributed by atoms with Gasteiger partial charge in [0.15, 0.2) is 5.69 Å². The molecule has 1 fully saturated rings. The van der Waals surface area contributed by atoms with Crippen LogP contribution in [0.5, 0.6) is 0 Å². The topological polar surface area (TPSA) is 72.5 Å². The highest BCUT2D eigenvalue weighted by Gasteiger charge is 2.54. The molecule has 0 aliphatic heterocycles. The maximum atomic E-state index is 10.0. The Morgan fingerprint density at radius 1 is 1.00 bits per heavy atom. The first kappa shape index (κ1) is 39.2. The second-order valence-electron chi connectivity index (χ2n) is 11.0. The van der Waals surface area contributed by atoms with Crippen LogP contribution in [0.3, 0.4) is 0 Å². The third kappa shape index (κ3) is 8.66. The van der Waals surface area contributed by atoms with Crippen LogP contribution in [-0.2, 0) is 20.8 Å². The maximum absolute atomic E-state index is 10.0. The summed E-state index contributed by atoms with van der Waals surface area (Å²) in [5.41, 5.74) is 4.98. The monoisotopic (exact) mass is 670 g/mol. The van der Waals surface area contributed by atoms with E-state index in [9.17, 15) is 5.26 Å². The van der Waals surface area contributed by atoms with Crippen LogP contribution in [0.25, 0.3) is 5.76 Å². The lowest BCUT2D eigenvalue weighted by atomic mass is 9.63. The van der Waals surface area contributed by atoms with Crippen molar-refractivity contribution < 1.29 is 14.2 Å². The molecule has 9 heteroatoms. The Morgan fingerprint density at radius 2 is 1.59 bits per heavy atom. The molecule has 252 valence electrons. The molecule has 2 unspecified atom stereocenters. The molecule has 7 nitrogen and oxygen atoms in total. The highest BCUT2D eigenvalue weighted by Crippen LogP contribution is 2.52. The van der Waals surface area contributed by atoms with Gasteiger partial charge in [-0.2, -0.15) is 10.4 Å². The lowest BCUT2D eigenvalue weighted by molar-refractivity contribution is -0.115. The molecule has 3 aromatic rings. The van der Waals surface area contributed by atoms with Crippen LogP contribution < -0.4 is 4.90 Å². The summed E-state index contributed by atoms with van der Waals surface area (Å²) >= 11 is 12.8. The van der Waals surface area contributed by atoms with Crippen LogP contribution in [0.2, 0.25) is 10.0 Å². The molecule has 0 N–H and O–H groups in total. The minimum absolute atomic E-state index is 0.0692. The van der Waals surface area contributed by atoms with Crippen molar-refractivity contribution in [3.05, 3.63) is 87.2 Å². The summed E-state index contributed by atoms with van der Waals surface area (Å²) in [5.74, 6) is 0.772. The van der Waals surface area contributed by atoms with E-state index in [0.717, 1.165) is 41.0 Å². The van der Waals surface area contributed by atoms with E-state index in [1.807, 2.05) is 33.9 Å². The number of benzene rings is 2. The number of rotatable bonds is 13. The number of hydrogen-bond acceptors (Lipinski definition) is 6. The normalized spacial score (nSPS) is 18.3. The Morgan fingerprint density at radius 3 is 2.09 bits per heavy atom. The summed E-state index contributed by atoms with van der Waals surface area (Å²) in [6.07, 6.45) is 1.41. The van der Waals surface area contributed by atoms with Crippen molar-refractivity contribution in [1.82, 2.24) is 9.78 Å². The molecule has 0 amide bonds. The fourth-order valence-corrected chi connectivity index (χ4v) is 6.38. The first-order valence-corrected chi connectivity index (χ1v) is 17.1. The van der Waals surface area contributed by atoms with E-state index in [0.29, 0.717) is 40.6 Å². The van der Waals surface area contributed by atoms with Crippen molar-refractivity contribution in [2.45, 2.75) is 86.0 Å². The number of halogens is 2. The zero-order chi connectivity index (χ0) is 34.6. The highest BCUT2D eigenvalue weighted by molar-refractivity contribution is 6.35. The highest BCUT2D eigenvalue weighted by atomic mass is 35.5. The smallest absolute Gasteiger partial charge is 0.166 e. The predicted octanol–water partition coefficient (Wildman–Crippen LogP) is 9.56. The van der Waals surface area contributed by atoms with E-state index < -0.39 is 0 Å². The van der Waals surface area contributed by atoms with Gasteiger partial charge in [-0.3, -0.25) is 4.68 Å². The predicted molar refractivity (Wildman–Crippen MR) is 192 cm³/mol. The van der Waals surface area contributed by atoms with E-state index in [2.05, 4.69) is 68.5 Å². The molecular weight excluding hydrogens is 619 g/mol. The number of ether oxygens (including phenoxy) is 3. The molecule has 1 saturated carbocycles. The van der Waals surface area contributed by atoms with Gasteiger partial charge in [-0.15, -0.1) is 0 Å². The molecule has 2 aromatic carbocycles. The molecule has 46 heavy (non-hydrogen) atoms. The Kier molecular flexibility index (Phi) is 16.1. The second kappa shape index (κ2) is 19.0. The third-order valence-corrected chi connectivity index (χ3v) is 8.71. The van der Waals surface area contributed by atoms with Gasteiger partial charge in [-0.05, 0) is 49.6 Å². The van der Waals surface area contributed by atoms with Crippen LogP contribution in [0.15, 0.2) is 49.2 Å². The molecule has 1 aliphatic rings. The van der Waals surface area contributed by atoms with E-state index >= 15 is 0 Å². The molecular formula is C37H52Cl2N4O3. The van der Waals surface area contributed by atoms with Gasteiger partial charge >= 0.3 is 0 Å². The zero-order valence-electron chi connectivity index (χ0n) is 29.2. The summed E-state index contributed by atoms with van der Waals surface area (Å²) in [6, 6.07) is 14.1. The molecule has 1 aliphatic carbocycles. The van der Waals surface area contributed by atoms with Crippen molar-refractivity contribution in [3.63, 3.8) is 0 Å². The van der Waals surface area contributed by atoms with Crippen molar-refractivity contribution >= 4 is 34.6 Å². The minimum atomic E-state index is -0.236. The third-order valence-electron chi connectivity index (χ3n) is 8.00. The van der Waals surface area contributed by atoms with Crippen LogP contribution in [0.4, 0.5) is 5.69 Å². The van der Waals surface area contributed by atoms with Gasteiger partial charge in [0.05, 0.1) is 25.4 Å². The maximum Gasteiger partial charge on any atom is 0.166 e. The zero-order valence-corrected chi connectivity index (χ0v) is 30.7. The lowest BCUT2D eigenvalue weighted by Gasteiger charge is -2.50. The van der Waals surface area contributed by atoms with Gasteiger partial charge in [0.25, 0.3) is 0 Å². The Hall–Kier alpha value is -3.02. The average molecular weight is 672 g/mol. The van der Waals surface area contributed by atoms with Crippen LogP contribution in [-0.4, -0.2) is 55.9 Å². The largest absolute Gasteiger partial charge is 0.493 e. The van der Waals surface area contributed by atoms with Crippen molar-refractivity contribution in [1.29, 1.82) is 5.26 Å². The molecule has 0 saturated heterocycles. The SMILES string of the molecule is C=C(OCC(C)C)c1cc(C2C(OC)C(c3cn(Cc4c(Cl)cccc4Cl)nc3C#N)C2OC)ccc1N(CC)CC.CC.CC. The van der Waals surface area contributed by atoms with E-state index in [1.54, 1.807) is 37.1 Å². The van der Waals surface area contributed by atoms with Gasteiger partial charge in [0.1, 0.15) is 11.8 Å². The Labute approximate surface area is 287 Å². The first-order valence-electron chi connectivity index (χ1n) is 16.4. The van der Waals surface area contributed by atoms with E-state index in [-0.39, 0.29) is 24.0 Å². The molecule has 0 bridgehead atoms. The Bertz CT molecular complexity index is 1410. The van der Waals surface area contributed by atoms with Gasteiger partial charge in [0, 0.05) is 77.8 Å². The summed E-state index contributed by atoms with van der Waals surface area (Å²) < 4.78 is 20.0. The number of nitriles is 1. The number of aromatic nitrogens is 2. The number of methoxy groups -OCH3 is 2. The van der Waals surface area contributed by atoms with E-state index in [1.165, 1.54) is 0 Å². The second-order valence-corrected chi connectivity index (χ2v) is 11.8. The summed E-state index contributed by atoms with van der Waals surface area (Å²) in [5, 5.41) is 15.7. The molecule has 1 heterocycles. The van der Waals surface area contributed by atoms with Gasteiger partial charge in [0.2, 0.25) is 0 Å². The summed E-state index contributed by atoms with van der Waals surface area (Å²) in [6.45, 7) is 23.5. The van der Waals surface area contributed by atoms with Crippen LogP contribution in [0.1, 0.15) is 95.2 Å². The first-order chi connectivity index (χ1) is 22.2. The Balaban J connectivity index is 0.00000177. The fourth-order valence-electron chi connectivity index (χ4n) is 5.86. The van der Waals surface area contributed by atoms with Gasteiger partial charge < -0.3 is 19.1 Å². The molecule has 0 spiro atoms. The fraction of sp³-hybridized carbons (Fsp3) is 0.514. The molecule has 4 rings (SSSR count). The quantitative estimate of drug-likeness (QED) is 0.169. The summed E-state index contributed by atoms with van der Waals surface area (Å²) in [7, 11) is 3.40. The molecule has 0 radical (unpaired) electrons. The van der Waals surface area contributed by atoms with Gasteiger partial charge in [-0.25, -0.2) is 0 Å². The number of nitrogens with zero attached hydrogens (tertiary/aromatic N) is 4. The average Bonchev–Trinajstić information content (AvgIpc) is 3.46. The lowest BCUT2D eigenvalue weighted by Crippen LogP contribution is -2.53. The minimum Gasteiger partial charge on any atom is -0.493 e. The van der Waals surface area contributed by atoms with E-state index in [4.69, 9.17) is 37.4 Å². The molecule has 2 atom stereocenters. The van der Waals surface area contributed by atoms with Crippen molar-refractivity contribution in [2.75, 3.05) is 38.8 Å². The van der Waals surface area contributed by atoms with Crippen molar-refractivity contribution in [3.8, 4) is 6.07 Å². The van der Waals surface area contributed by atoms with Crippen LogP contribution in [0, 0.1) is 17.2 Å². The summed E-state index contributed by atoms with van der Waals surface area (Å²) in [4.78, 5) is 2.30. The standard InChI is InChI=1S/C33H40Cl2N4O3.2C2H6/c1-8-38(9-2)29-14-13-22(15-23(29)21(5)42-19-20(3)4)30-32(40-6)31(33(30)41-7)25-18-39(37-28(25)16-36)17-24-26(34)11-10-12-27(24)35;2*1-2/h10-15,18,20,30-33H,5,8-9,17,19H2,1-4,6-7H3;2*1-2H3. The number of hydrogen-bond donors (Lipinski definition) is 0. The number of anilines is 1. The molecule has 1 aromatic heterocycles. The van der Waals surface area contributed by atoms with Gasteiger partial charge in [-0.1, -0.05) is 83.5 Å².